The molecular weight excluding hydrogens is 306 g/mol. The Balaban J connectivity index is 1.78. The van der Waals surface area contributed by atoms with Crippen LogP contribution in [-0.2, 0) is 9.53 Å². The predicted molar refractivity (Wildman–Crippen MR) is 92.1 cm³/mol. The average molecular weight is 333 g/mol. The number of hydrogen-bond donors (Lipinski definition) is 1. The fourth-order valence-electron chi connectivity index (χ4n) is 2.94. The molecule has 1 amide bonds. The van der Waals surface area contributed by atoms with Gasteiger partial charge in [0.25, 0.3) is 5.91 Å². The number of carbonyl (C=O) groups is 2. The normalized spacial score (nSPS) is 20.5. The molecule has 0 radical (unpaired) electrons. The second-order valence-electron chi connectivity index (χ2n) is 6.70. The molecule has 0 aromatic heterocycles. The molecule has 1 aliphatic carbocycles. The Morgan fingerprint density at radius 3 is 2.46 bits per heavy atom. The van der Waals surface area contributed by atoms with E-state index in [-0.39, 0.29) is 24.7 Å². The Hall–Kier alpha value is -2.04. The van der Waals surface area contributed by atoms with Crippen molar-refractivity contribution in [2.45, 2.75) is 58.6 Å². The van der Waals surface area contributed by atoms with Crippen molar-refractivity contribution in [2.24, 2.45) is 5.92 Å². The van der Waals surface area contributed by atoms with Gasteiger partial charge in [0.1, 0.15) is 5.75 Å². The first-order valence-corrected chi connectivity index (χ1v) is 8.69. The van der Waals surface area contributed by atoms with Gasteiger partial charge in [-0.15, -0.1) is 0 Å². The molecule has 24 heavy (non-hydrogen) atoms. The summed E-state index contributed by atoms with van der Waals surface area (Å²) in [5.74, 6) is 0.442. The molecule has 0 aliphatic heterocycles. The fraction of sp³-hybridized carbons (Fsp3) is 0.579. The van der Waals surface area contributed by atoms with Gasteiger partial charge >= 0.3 is 5.97 Å². The number of nitrogens with one attached hydrogen (secondary N) is 1. The molecule has 0 bridgehead atoms. The van der Waals surface area contributed by atoms with Gasteiger partial charge in [-0.3, -0.25) is 4.79 Å². The van der Waals surface area contributed by atoms with Crippen molar-refractivity contribution < 1.29 is 19.1 Å². The number of carbonyl (C=O) groups excluding carboxylic acids is 2. The first kappa shape index (κ1) is 18.3. The first-order chi connectivity index (χ1) is 11.5. The van der Waals surface area contributed by atoms with Crippen LogP contribution in [0.1, 0.15) is 56.8 Å². The Morgan fingerprint density at radius 1 is 1.17 bits per heavy atom. The summed E-state index contributed by atoms with van der Waals surface area (Å²) in [6.45, 7) is 5.78. The van der Waals surface area contributed by atoms with Crippen molar-refractivity contribution in [3.63, 3.8) is 0 Å². The summed E-state index contributed by atoms with van der Waals surface area (Å²) in [6, 6.07) is 6.92. The molecule has 0 spiro atoms. The lowest BCUT2D eigenvalue weighted by molar-refractivity contribution is -0.125. The van der Waals surface area contributed by atoms with Gasteiger partial charge in [-0.25, -0.2) is 4.79 Å². The molecule has 2 rings (SSSR count). The zero-order valence-corrected chi connectivity index (χ0v) is 14.7. The van der Waals surface area contributed by atoms with Crippen molar-refractivity contribution in [1.29, 1.82) is 0 Å². The van der Waals surface area contributed by atoms with Gasteiger partial charge in [0.15, 0.2) is 6.61 Å². The number of amides is 1. The standard InChI is InChI=1S/C19H27NO4/c1-13(2)24-16-10-8-15(9-11-16)19(22)23-12-18(21)20-17-7-5-4-6-14(17)3/h8-11,13-14,17H,4-7,12H2,1-3H3,(H,20,21). The van der Waals surface area contributed by atoms with Gasteiger partial charge in [0.2, 0.25) is 0 Å². The third kappa shape index (κ3) is 5.55. The zero-order chi connectivity index (χ0) is 17.5. The van der Waals surface area contributed by atoms with Crippen molar-refractivity contribution in [3.05, 3.63) is 29.8 Å². The molecule has 5 nitrogen and oxygen atoms in total. The van der Waals surface area contributed by atoms with E-state index < -0.39 is 5.97 Å². The molecule has 1 saturated carbocycles. The van der Waals surface area contributed by atoms with Gasteiger partial charge in [-0.05, 0) is 56.9 Å². The van der Waals surface area contributed by atoms with Gasteiger partial charge in [-0.1, -0.05) is 19.8 Å². The van der Waals surface area contributed by atoms with Crippen LogP contribution in [0.4, 0.5) is 0 Å². The zero-order valence-electron chi connectivity index (χ0n) is 14.7. The summed E-state index contributed by atoms with van der Waals surface area (Å²) in [5, 5.41) is 2.97. The number of hydrogen-bond acceptors (Lipinski definition) is 4. The molecule has 2 unspecified atom stereocenters. The molecule has 132 valence electrons. The van der Waals surface area contributed by atoms with E-state index in [9.17, 15) is 9.59 Å². The molecule has 0 saturated heterocycles. The maximum Gasteiger partial charge on any atom is 0.338 e. The summed E-state index contributed by atoms with van der Waals surface area (Å²) in [6.07, 6.45) is 4.57. The highest BCUT2D eigenvalue weighted by molar-refractivity contribution is 5.91. The molecular formula is C19H27NO4. The maximum atomic E-state index is 12.0. The molecule has 1 aliphatic rings. The highest BCUT2D eigenvalue weighted by Crippen LogP contribution is 2.23. The minimum Gasteiger partial charge on any atom is -0.491 e. The lowest BCUT2D eigenvalue weighted by Crippen LogP contribution is -2.42. The van der Waals surface area contributed by atoms with E-state index >= 15 is 0 Å². The number of benzene rings is 1. The summed E-state index contributed by atoms with van der Waals surface area (Å²) in [5.41, 5.74) is 0.407. The fourth-order valence-corrected chi connectivity index (χ4v) is 2.94. The summed E-state index contributed by atoms with van der Waals surface area (Å²) in [7, 11) is 0. The van der Waals surface area contributed by atoms with Crippen LogP contribution in [-0.4, -0.2) is 30.6 Å². The van der Waals surface area contributed by atoms with Crippen molar-refractivity contribution in [2.75, 3.05) is 6.61 Å². The van der Waals surface area contributed by atoms with Gasteiger partial charge in [0, 0.05) is 6.04 Å². The molecule has 5 heteroatoms. The maximum absolute atomic E-state index is 12.0. The number of ether oxygens (including phenoxy) is 2. The molecule has 1 N–H and O–H groups in total. The minimum atomic E-state index is -0.502. The highest BCUT2D eigenvalue weighted by Gasteiger charge is 2.23. The summed E-state index contributed by atoms with van der Waals surface area (Å²) in [4.78, 5) is 24.0. The SMILES string of the molecule is CC(C)Oc1ccc(C(=O)OCC(=O)NC2CCCCC2C)cc1. The van der Waals surface area contributed by atoms with Crippen LogP contribution in [0.25, 0.3) is 0 Å². The molecule has 2 atom stereocenters. The minimum absolute atomic E-state index is 0.0775. The molecule has 1 aromatic carbocycles. The van der Waals surface area contributed by atoms with E-state index in [0.717, 1.165) is 19.3 Å². The topological polar surface area (TPSA) is 64.6 Å². The monoisotopic (exact) mass is 333 g/mol. The second-order valence-corrected chi connectivity index (χ2v) is 6.70. The van der Waals surface area contributed by atoms with Gasteiger partial charge in [0.05, 0.1) is 11.7 Å². The van der Waals surface area contributed by atoms with Crippen molar-refractivity contribution >= 4 is 11.9 Å². The summed E-state index contributed by atoms with van der Waals surface area (Å²) >= 11 is 0. The van der Waals surface area contributed by atoms with E-state index in [4.69, 9.17) is 9.47 Å². The van der Waals surface area contributed by atoms with E-state index in [0.29, 0.717) is 17.2 Å². The number of rotatable bonds is 6. The van der Waals surface area contributed by atoms with Crippen LogP contribution >= 0.6 is 0 Å². The highest BCUT2D eigenvalue weighted by atomic mass is 16.5. The van der Waals surface area contributed by atoms with Crippen LogP contribution < -0.4 is 10.1 Å². The Labute approximate surface area is 143 Å². The average Bonchev–Trinajstić information content (AvgIpc) is 2.55. The first-order valence-electron chi connectivity index (χ1n) is 8.69. The van der Waals surface area contributed by atoms with E-state index in [2.05, 4.69) is 12.2 Å². The van der Waals surface area contributed by atoms with Crippen LogP contribution in [0.2, 0.25) is 0 Å². The van der Waals surface area contributed by atoms with Crippen molar-refractivity contribution in [1.82, 2.24) is 5.32 Å². The smallest absolute Gasteiger partial charge is 0.338 e. The Bertz CT molecular complexity index is 553. The van der Waals surface area contributed by atoms with Gasteiger partial charge < -0.3 is 14.8 Å². The van der Waals surface area contributed by atoms with Crippen LogP contribution in [0.15, 0.2) is 24.3 Å². The van der Waals surface area contributed by atoms with Crippen molar-refractivity contribution in [3.8, 4) is 5.75 Å². The van der Waals surface area contributed by atoms with Crippen LogP contribution in [0, 0.1) is 5.92 Å². The number of esters is 1. The van der Waals surface area contributed by atoms with Gasteiger partial charge in [-0.2, -0.15) is 0 Å². The summed E-state index contributed by atoms with van der Waals surface area (Å²) < 4.78 is 10.6. The van der Waals surface area contributed by atoms with E-state index in [1.54, 1.807) is 24.3 Å². The Kier molecular flexibility index (Phi) is 6.64. The largest absolute Gasteiger partial charge is 0.491 e. The molecule has 1 fully saturated rings. The molecule has 0 heterocycles. The van der Waals surface area contributed by atoms with Crippen LogP contribution in [0.5, 0.6) is 5.75 Å². The second kappa shape index (κ2) is 8.71. The van der Waals surface area contributed by atoms with E-state index in [1.165, 1.54) is 6.42 Å². The molecule has 1 aromatic rings. The third-order valence-corrected chi connectivity index (χ3v) is 4.25. The Morgan fingerprint density at radius 2 is 1.83 bits per heavy atom. The lowest BCUT2D eigenvalue weighted by atomic mass is 9.86. The third-order valence-electron chi connectivity index (χ3n) is 4.25. The lowest BCUT2D eigenvalue weighted by Gasteiger charge is -2.29. The predicted octanol–water partition coefficient (Wildman–Crippen LogP) is 3.33. The van der Waals surface area contributed by atoms with Crippen LogP contribution in [0.3, 0.4) is 0 Å². The quantitative estimate of drug-likeness (QED) is 0.811. The van der Waals surface area contributed by atoms with E-state index in [1.807, 2.05) is 13.8 Å².